The van der Waals surface area contributed by atoms with E-state index in [1.165, 1.54) is 0 Å². The highest BCUT2D eigenvalue weighted by Crippen LogP contribution is 2.04. The van der Waals surface area contributed by atoms with E-state index in [2.05, 4.69) is 39.6 Å². The van der Waals surface area contributed by atoms with Gasteiger partial charge in [0, 0.05) is 30.7 Å². The van der Waals surface area contributed by atoms with Gasteiger partial charge in [0.15, 0.2) is 0 Å². The van der Waals surface area contributed by atoms with Crippen molar-refractivity contribution >= 4 is 15.9 Å². The van der Waals surface area contributed by atoms with Gasteiger partial charge in [0.25, 0.3) is 0 Å². The molecular weight excluding hydrogens is 244 g/mol. The third-order valence-electron chi connectivity index (χ3n) is 2.36. The highest BCUT2D eigenvalue weighted by atomic mass is 79.9. The zero-order valence-electron chi connectivity index (χ0n) is 8.76. The molecule has 1 atom stereocenters. The van der Waals surface area contributed by atoms with Crippen LogP contribution < -0.4 is 5.32 Å². The smallest absolute Gasteiger partial charge is 0.0826 e. The fourth-order valence-corrected chi connectivity index (χ4v) is 1.76. The summed E-state index contributed by atoms with van der Waals surface area (Å²) >= 11 is 3.32. The van der Waals surface area contributed by atoms with Crippen molar-refractivity contribution in [1.29, 1.82) is 0 Å². The fourth-order valence-electron chi connectivity index (χ4n) is 1.56. The molecule has 0 radical (unpaired) electrons. The Hall–Kier alpha value is 0.1000. The van der Waals surface area contributed by atoms with Gasteiger partial charge in [-0.05, 0) is 6.54 Å². The first-order valence-corrected chi connectivity index (χ1v) is 5.89. The maximum Gasteiger partial charge on any atom is 0.0826 e. The van der Waals surface area contributed by atoms with Crippen molar-refractivity contribution in [2.24, 2.45) is 0 Å². The average Bonchev–Trinajstić information content (AvgIpc) is 2.18. The second-order valence-corrected chi connectivity index (χ2v) is 4.66. The van der Waals surface area contributed by atoms with Gasteiger partial charge in [-0.15, -0.1) is 0 Å². The lowest BCUT2D eigenvalue weighted by Gasteiger charge is -2.32. The van der Waals surface area contributed by atoms with Crippen LogP contribution in [0, 0.1) is 0 Å². The molecular formula is C10H19BrN2O. The molecule has 3 nitrogen and oxygen atoms in total. The quantitative estimate of drug-likeness (QED) is 0.806. The molecule has 1 saturated heterocycles. The van der Waals surface area contributed by atoms with Crippen LogP contribution in [0.4, 0.5) is 0 Å². The zero-order chi connectivity index (χ0) is 10.4. The topological polar surface area (TPSA) is 24.5 Å². The van der Waals surface area contributed by atoms with Gasteiger partial charge >= 0.3 is 0 Å². The van der Waals surface area contributed by atoms with E-state index in [1.807, 2.05) is 0 Å². The molecule has 1 N–H and O–H groups in total. The molecule has 4 heteroatoms. The van der Waals surface area contributed by atoms with E-state index in [0.29, 0.717) is 6.10 Å². The maximum atomic E-state index is 5.64. The standard InChI is InChI=1S/C10H19BrN2O/c1-3-13-4-5-14-10(8-13)7-12-6-9(2)11/h10,12H,2-8H2,1H3. The molecule has 1 aliphatic heterocycles. The maximum absolute atomic E-state index is 5.64. The van der Waals surface area contributed by atoms with Crippen molar-refractivity contribution < 1.29 is 4.74 Å². The first-order valence-electron chi connectivity index (χ1n) is 5.10. The second kappa shape index (κ2) is 6.56. The van der Waals surface area contributed by atoms with Gasteiger partial charge in [-0.1, -0.05) is 29.4 Å². The van der Waals surface area contributed by atoms with Crippen molar-refractivity contribution in [1.82, 2.24) is 10.2 Å². The Morgan fingerprint density at radius 2 is 2.50 bits per heavy atom. The van der Waals surface area contributed by atoms with Crippen LogP contribution >= 0.6 is 15.9 Å². The van der Waals surface area contributed by atoms with Crippen LogP contribution in [0.25, 0.3) is 0 Å². The minimum atomic E-state index is 0.329. The van der Waals surface area contributed by atoms with E-state index in [4.69, 9.17) is 4.74 Å². The SMILES string of the molecule is C=C(Br)CNCC1CN(CC)CCO1. The summed E-state index contributed by atoms with van der Waals surface area (Å²) < 4.78 is 6.63. The molecule has 0 bridgehead atoms. The zero-order valence-corrected chi connectivity index (χ0v) is 10.3. The molecule has 1 heterocycles. The van der Waals surface area contributed by atoms with Crippen LogP contribution in [-0.4, -0.2) is 50.3 Å². The van der Waals surface area contributed by atoms with E-state index < -0.39 is 0 Å². The Morgan fingerprint density at radius 3 is 3.14 bits per heavy atom. The molecule has 1 aliphatic rings. The molecule has 0 amide bonds. The normalized spacial score (nSPS) is 23.7. The van der Waals surface area contributed by atoms with Crippen LogP contribution in [0.15, 0.2) is 11.1 Å². The summed E-state index contributed by atoms with van der Waals surface area (Å²) in [5, 5.41) is 3.30. The van der Waals surface area contributed by atoms with Crippen molar-refractivity contribution in [2.75, 3.05) is 39.3 Å². The van der Waals surface area contributed by atoms with Crippen molar-refractivity contribution in [3.63, 3.8) is 0 Å². The van der Waals surface area contributed by atoms with Gasteiger partial charge in [-0.2, -0.15) is 0 Å². The molecule has 1 rings (SSSR count). The van der Waals surface area contributed by atoms with Gasteiger partial charge in [0.1, 0.15) is 0 Å². The van der Waals surface area contributed by atoms with Crippen molar-refractivity contribution in [3.8, 4) is 0 Å². The fraction of sp³-hybridized carbons (Fsp3) is 0.800. The van der Waals surface area contributed by atoms with Crippen LogP contribution in [0.3, 0.4) is 0 Å². The Balaban J connectivity index is 2.14. The van der Waals surface area contributed by atoms with Gasteiger partial charge in [-0.25, -0.2) is 0 Å². The lowest BCUT2D eigenvalue weighted by atomic mass is 10.2. The summed E-state index contributed by atoms with van der Waals surface area (Å²) in [5.74, 6) is 0. The number of hydrogen-bond donors (Lipinski definition) is 1. The Labute approximate surface area is 94.6 Å². The average molecular weight is 263 g/mol. The summed E-state index contributed by atoms with van der Waals surface area (Å²) in [5.41, 5.74) is 0. The lowest BCUT2D eigenvalue weighted by Crippen LogP contribution is -2.46. The predicted octanol–water partition coefficient (Wildman–Crippen LogP) is 1.21. The number of morpholine rings is 1. The van der Waals surface area contributed by atoms with Crippen molar-refractivity contribution in [2.45, 2.75) is 13.0 Å². The predicted molar refractivity (Wildman–Crippen MR) is 62.8 cm³/mol. The molecule has 0 aromatic heterocycles. The number of nitrogens with one attached hydrogen (secondary N) is 1. The number of likely N-dealkylation sites (N-methyl/N-ethyl adjacent to an activating group) is 1. The Morgan fingerprint density at radius 1 is 1.71 bits per heavy atom. The largest absolute Gasteiger partial charge is 0.374 e. The van der Waals surface area contributed by atoms with Crippen LogP contribution in [0.2, 0.25) is 0 Å². The number of rotatable bonds is 5. The number of halogens is 1. The number of ether oxygens (including phenoxy) is 1. The van der Waals surface area contributed by atoms with Gasteiger partial charge in [0.05, 0.1) is 12.7 Å². The molecule has 14 heavy (non-hydrogen) atoms. The van der Waals surface area contributed by atoms with Crippen molar-refractivity contribution in [3.05, 3.63) is 11.1 Å². The molecule has 0 aromatic rings. The summed E-state index contributed by atoms with van der Waals surface area (Å²) in [6.07, 6.45) is 0.329. The highest BCUT2D eigenvalue weighted by molar-refractivity contribution is 9.11. The first kappa shape index (κ1) is 12.2. The van der Waals surface area contributed by atoms with Gasteiger partial charge < -0.3 is 10.1 Å². The minimum Gasteiger partial charge on any atom is -0.374 e. The Bertz CT molecular complexity index is 187. The first-order chi connectivity index (χ1) is 6.72. The highest BCUT2D eigenvalue weighted by Gasteiger charge is 2.18. The number of nitrogens with zero attached hydrogens (tertiary/aromatic N) is 1. The third-order valence-corrected chi connectivity index (χ3v) is 2.64. The van der Waals surface area contributed by atoms with Crippen LogP contribution in [-0.2, 0) is 4.74 Å². The monoisotopic (exact) mass is 262 g/mol. The summed E-state index contributed by atoms with van der Waals surface area (Å²) in [6, 6.07) is 0. The number of hydrogen-bond acceptors (Lipinski definition) is 3. The molecule has 0 aliphatic carbocycles. The van der Waals surface area contributed by atoms with E-state index in [9.17, 15) is 0 Å². The lowest BCUT2D eigenvalue weighted by molar-refractivity contribution is -0.0248. The van der Waals surface area contributed by atoms with Crippen LogP contribution in [0.1, 0.15) is 6.92 Å². The molecule has 0 spiro atoms. The van der Waals surface area contributed by atoms with E-state index >= 15 is 0 Å². The summed E-state index contributed by atoms with van der Waals surface area (Å²) in [6.45, 7) is 11.8. The molecule has 1 fully saturated rings. The Kier molecular flexibility index (Phi) is 5.70. The second-order valence-electron chi connectivity index (χ2n) is 3.53. The summed E-state index contributed by atoms with van der Waals surface area (Å²) in [7, 11) is 0. The molecule has 0 saturated carbocycles. The third kappa shape index (κ3) is 4.55. The molecule has 0 aromatic carbocycles. The van der Waals surface area contributed by atoms with Crippen LogP contribution in [0.5, 0.6) is 0 Å². The van der Waals surface area contributed by atoms with Gasteiger partial charge in [-0.3, -0.25) is 4.90 Å². The van der Waals surface area contributed by atoms with E-state index in [1.54, 1.807) is 0 Å². The van der Waals surface area contributed by atoms with E-state index in [0.717, 1.165) is 43.8 Å². The molecule has 1 unspecified atom stereocenters. The minimum absolute atomic E-state index is 0.329. The summed E-state index contributed by atoms with van der Waals surface area (Å²) in [4.78, 5) is 2.42. The van der Waals surface area contributed by atoms with Gasteiger partial charge in [0.2, 0.25) is 0 Å². The van der Waals surface area contributed by atoms with E-state index in [-0.39, 0.29) is 0 Å². The molecule has 82 valence electrons.